The summed E-state index contributed by atoms with van der Waals surface area (Å²) in [5, 5.41) is 9.65. The number of phenolic OH excluding ortho intramolecular Hbond substituents is 1. The van der Waals surface area contributed by atoms with E-state index in [9.17, 15) is 5.11 Å². The summed E-state index contributed by atoms with van der Waals surface area (Å²) in [7, 11) is 3.19. The van der Waals surface area contributed by atoms with Gasteiger partial charge in [-0.25, -0.2) is 0 Å². The minimum absolute atomic E-state index is 0.170. The number of hydrogen-bond acceptors (Lipinski definition) is 4. The molecule has 0 heterocycles. The largest absolute Gasteiger partial charge is 0.508 e. The van der Waals surface area contributed by atoms with E-state index in [1.807, 2.05) is 43.3 Å². The Kier molecular flexibility index (Phi) is 5.31. The van der Waals surface area contributed by atoms with Gasteiger partial charge in [-0.15, -0.1) is 0 Å². The molecule has 1 N–H and O–H groups in total. The molecule has 4 heteroatoms. The van der Waals surface area contributed by atoms with Gasteiger partial charge in [0.25, 0.3) is 0 Å². The molecule has 0 aliphatic carbocycles. The van der Waals surface area contributed by atoms with Crippen LogP contribution >= 0.6 is 0 Å². The lowest BCUT2D eigenvalue weighted by atomic mass is 10.1. The molecule has 0 radical (unpaired) electrons. The molecule has 116 valence electrons. The molecule has 0 spiro atoms. The summed E-state index contributed by atoms with van der Waals surface area (Å²) in [4.78, 5) is 0. The van der Waals surface area contributed by atoms with Gasteiger partial charge in [0.05, 0.1) is 20.8 Å². The first kappa shape index (κ1) is 15.8. The van der Waals surface area contributed by atoms with Gasteiger partial charge in [0.2, 0.25) is 0 Å². The molecule has 0 atom stereocenters. The quantitative estimate of drug-likeness (QED) is 0.820. The molecule has 0 aromatic heterocycles. The first-order valence-electron chi connectivity index (χ1n) is 7.03. The summed E-state index contributed by atoms with van der Waals surface area (Å²) < 4.78 is 16.0. The lowest BCUT2D eigenvalue weighted by molar-refractivity contribution is 0.311. The standard InChI is InChI=1S/C18H20O4/c1-4-22-17-8-7-13(11-18(17)21-3)5-6-14-9-15(19)12-16(10-14)20-2/h5-12,19H,4H2,1-3H3/b6-5+. The first-order valence-corrected chi connectivity index (χ1v) is 7.03. The van der Waals surface area contributed by atoms with Gasteiger partial charge >= 0.3 is 0 Å². The van der Waals surface area contributed by atoms with E-state index in [1.54, 1.807) is 26.4 Å². The number of benzene rings is 2. The van der Waals surface area contributed by atoms with E-state index in [-0.39, 0.29) is 5.75 Å². The van der Waals surface area contributed by atoms with Crippen molar-refractivity contribution in [3.05, 3.63) is 47.5 Å². The highest BCUT2D eigenvalue weighted by molar-refractivity contribution is 5.72. The molecule has 0 aliphatic rings. The van der Waals surface area contributed by atoms with Crippen LogP contribution in [0.1, 0.15) is 18.1 Å². The number of aromatic hydroxyl groups is 1. The van der Waals surface area contributed by atoms with Gasteiger partial charge in [0.1, 0.15) is 11.5 Å². The topological polar surface area (TPSA) is 47.9 Å². The van der Waals surface area contributed by atoms with E-state index in [2.05, 4.69) is 0 Å². The van der Waals surface area contributed by atoms with Gasteiger partial charge in [-0.3, -0.25) is 0 Å². The van der Waals surface area contributed by atoms with Gasteiger partial charge < -0.3 is 19.3 Å². The first-order chi connectivity index (χ1) is 10.7. The highest BCUT2D eigenvalue weighted by atomic mass is 16.5. The van der Waals surface area contributed by atoms with Crippen LogP contribution in [-0.2, 0) is 0 Å². The summed E-state index contributed by atoms with van der Waals surface area (Å²) in [6, 6.07) is 10.8. The van der Waals surface area contributed by atoms with Gasteiger partial charge in [-0.1, -0.05) is 18.2 Å². The highest BCUT2D eigenvalue weighted by Gasteiger charge is 2.04. The molecule has 2 rings (SSSR count). The average molecular weight is 300 g/mol. The second-order valence-electron chi connectivity index (χ2n) is 4.64. The van der Waals surface area contributed by atoms with Gasteiger partial charge in [0, 0.05) is 6.07 Å². The monoisotopic (exact) mass is 300 g/mol. The number of rotatable bonds is 6. The number of methoxy groups -OCH3 is 2. The Morgan fingerprint density at radius 3 is 2.36 bits per heavy atom. The van der Waals surface area contributed by atoms with E-state index >= 15 is 0 Å². The van der Waals surface area contributed by atoms with Gasteiger partial charge in [-0.05, 0) is 42.3 Å². The van der Waals surface area contributed by atoms with Crippen molar-refractivity contribution >= 4 is 12.2 Å². The molecule has 0 unspecified atom stereocenters. The van der Waals surface area contributed by atoms with Crippen molar-refractivity contribution in [2.24, 2.45) is 0 Å². The predicted molar refractivity (Wildman–Crippen MR) is 87.7 cm³/mol. The third-order valence-electron chi connectivity index (χ3n) is 3.11. The fourth-order valence-electron chi connectivity index (χ4n) is 2.07. The molecule has 0 bridgehead atoms. The fraction of sp³-hybridized carbons (Fsp3) is 0.222. The van der Waals surface area contributed by atoms with E-state index < -0.39 is 0 Å². The smallest absolute Gasteiger partial charge is 0.161 e. The van der Waals surface area contributed by atoms with Crippen molar-refractivity contribution in [2.45, 2.75) is 6.92 Å². The Morgan fingerprint density at radius 1 is 0.909 bits per heavy atom. The third kappa shape index (κ3) is 3.95. The molecule has 22 heavy (non-hydrogen) atoms. The molecule has 0 aliphatic heterocycles. The molecule has 0 fully saturated rings. The van der Waals surface area contributed by atoms with Crippen LogP contribution in [0.25, 0.3) is 12.2 Å². The van der Waals surface area contributed by atoms with E-state index in [4.69, 9.17) is 14.2 Å². The summed E-state index contributed by atoms with van der Waals surface area (Å²) in [5.41, 5.74) is 1.83. The predicted octanol–water partition coefficient (Wildman–Crippen LogP) is 3.98. The molecular formula is C18H20O4. The zero-order valence-electron chi connectivity index (χ0n) is 13.0. The zero-order valence-corrected chi connectivity index (χ0v) is 13.0. The van der Waals surface area contributed by atoms with Crippen LogP contribution in [0.5, 0.6) is 23.0 Å². The Balaban J connectivity index is 2.24. The van der Waals surface area contributed by atoms with Gasteiger partial charge in [-0.2, -0.15) is 0 Å². The van der Waals surface area contributed by atoms with Gasteiger partial charge in [0.15, 0.2) is 11.5 Å². The van der Waals surface area contributed by atoms with E-state index in [1.165, 1.54) is 0 Å². The third-order valence-corrected chi connectivity index (χ3v) is 3.11. The Morgan fingerprint density at radius 2 is 1.68 bits per heavy atom. The number of ether oxygens (including phenoxy) is 3. The molecule has 2 aromatic carbocycles. The van der Waals surface area contributed by atoms with Crippen LogP contribution in [0.15, 0.2) is 36.4 Å². The summed E-state index contributed by atoms with van der Waals surface area (Å²) >= 11 is 0. The van der Waals surface area contributed by atoms with Crippen molar-refractivity contribution < 1.29 is 19.3 Å². The molecule has 4 nitrogen and oxygen atoms in total. The minimum atomic E-state index is 0.170. The van der Waals surface area contributed by atoms with E-state index in [0.717, 1.165) is 16.9 Å². The molecular weight excluding hydrogens is 280 g/mol. The maximum atomic E-state index is 9.65. The van der Waals surface area contributed by atoms with Crippen LogP contribution < -0.4 is 14.2 Å². The highest BCUT2D eigenvalue weighted by Crippen LogP contribution is 2.29. The van der Waals surface area contributed by atoms with Crippen LogP contribution in [0, 0.1) is 0 Å². The fourth-order valence-corrected chi connectivity index (χ4v) is 2.07. The zero-order chi connectivity index (χ0) is 15.9. The summed E-state index contributed by atoms with van der Waals surface area (Å²) in [6.07, 6.45) is 3.84. The maximum Gasteiger partial charge on any atom is 0.161 e. The Bertz CT molecular complexity index is 662. The van der Waals surface area contributed by atoms with Crippen molar-refractivity contribution in [1.82, 2.24) is 0 Å². The molecule has 2 aromatic rings. The molecule has 0 amide bonds. The molecule has 0 saturated heterocycles. The van der Waals surface area contributed by atoms with Crippen molar-refractivity contribution in [1.29, 1.82) is 0 Å². The van der Waals surface area contributed by atoms with Crippen LogP contribution in [-0.4, -0.2) is 25.9 Å². The van der Waals surface area contributed by atoms with Crippen LogP contribution in [0.2, 0.25) is 0 Å². The number of phenols is 1. The maximum absolute atomic E-state index is 9.65. The second kappa shape index (κ2) is 7.41. The average Bonchev–Trinajstić information content (AvgIpc) is 2.53. The van der Waals surface area contributed by atoms with Crippen LogP contribution in [0.4, 0.5) is 0 Å². The lowest BCUT2D eigenvalue weighted by Crippen LogP contribution is -1.95. The Labute approximate surface area is 130 Å². The second-order valence-corrected chi connectivity index (χ2v) is 4.64. The SMILES string of the molecule is CCOc1ccc(/C=C/c2cc(O)cc(OC)c2)cc1OC. The minimum Gasteiger partial charge on any atom is -0.508 e. The van der Waals surface area contributed by atoms with Crippen LogP contribution in [0.3, 0.4) is 0 Å². The lowest BCUT2D eigenvalue weighted by Gasteiger charge is -2.09. The summed E-state index contributed by atoms with van der Waals surface area (Å²) in [5.74, 6) is 2.20. The van der Waals surface area contributed by atoms with E-state index in [0.29, 0.717) is 18.1 Å². The Hall–Kier alpha value is -2.62. The number of hydrogen-bond donors (Lipinski definition) is 1. The van der Waals surface area contributed by atoms with Crippen molar-refractivity contribution in [3.8, 4) is 23.0 Å². The van der Waals surface area contributed by atoms with Crippen molar-refractivity contribution in [2.75, 3.05) is 20.8 Å². The molecule has 0 saturated carbocycles. The normalized spacial score (nSPS) is 10.7. The summed E-state index contributed by atoms with van der Waals surface area (Å²) in [6.45, 7) is 2.52. The van der Waals surface area contributed by atoms with Crippen molar-refractivity contribution in [3.63, 3.8) is 0 Å².